The Morgan fingerprint density at radius 1 is 1.69 bits per heavy atom. The lowest BCUT2D eigenvalue weighted by atomic mass is 10.4. The van der Waals surface area contributed by atoms with Gasteiger partial charge in [-0.1, -0.05) is 0 Å². The highest BCUT2D eigenvalue weighted by Gasteiger charge is 2.06. The van der Waals surface area contributed by atoms with E-state index in [0.29, 0.717) is 5.69 Å². The number of hydrogen-bond acceptors (Lipinski definition) is 3. The molecular formula is C8H12BrN3O. The van der Waals surface area contributed by atoms with Crippen molar-refractivity contribution in [2.24, 2.45) is 0 Å². The highest BCUT2D eigenvalue weighted by molar-refractivity contribution is 9.10. The van der Waals surface area contributed by atoms with E-state index in [-0.39, 0.29) is 0 Å². The molecule has 0 radical (unpaired) electrons. The summed E-state index contributed by atoms with van der Waals surface area (Å²) in [5.74, 6) is 0. The predicted octanol–water partition coefficient (Wildman–Crippen LogP) is 1.02. The van der Waals surface area contributed by atoms with Crippen LogP contribution in [0.4, 0.5) is 0 Å². The Bertz CT molecular complexity index is 296. The zero-order chi connectivity index (χ0) is 9.84. The van der Waals surface area contributed by atoms with Crippen molar-refractivity contribution in [3.05, 3.63) is 16.4 Å². The summed E-state index contributed by atoms with van der Waals surface area (Å²) in [4.78, 5) is 12.7. The van der Waals surface area contributed by atoms with Crippen LogP contribution in [0.2, 0.25) is 0 Å². The van der Waals surface area contributed by atoms with Crippen molar-refractivity contribution in [1.29, 1.82) is 0 Å². The number of aromatic nitrogens is 2. The van der Waals surface area contributed by atoms with Crippen molar-refractivity contribution in [2.75, 3.05) is 20.6 Å². The maximum absolute atomic E-state index is 10.6. The fourth-order valence-electron chi connectivity index (χ4n) is 0.962. The third kappa shape index (κ3) is 2.63. The van der Waals surface area contributed by atoms with Crippen LogP contribution in [0.1, 0.15) is 10.5 Å². The Balaban J connectivity index is 2.71. The maximum Gasteiger partial charge on any atom is 0.169 e. The third-order valence-electron chi connectivity index (χ3n) is 1.70. The molecule has 0 fully saturated rings. The molecule has 4 nitrogen and oxygen atoms in total. The minimum absolute atomic E-state index is 0.599. The minimum atomic E-state index is 0.599. The zero-order valence-corrected chi connectivity index (χ0v) is 9.28. The van der Waals surface area contributed by atoms with Crippen molar-refractivity contribution >= 4 is 22.2 Å². The number of carbonyl (C=O) groups is 1. The van der Waals surface area contributed by atoms with Gasteiger partial charge in [0.1, 0.15) is 5.69 Å². The molecule has 0 aliphatic rings. The molecule has 0 aliphatic heterocycles. The summed E-state index contributed by atoms with van der Waals surface area (Å²) >= 11 is 3.26. The molecule has 13 heavy (non-hydrogen) atoms. The zero-order valence-electron chi connectivity index (χ0n) is 7.70. The van der Waals surface area contributed by atoms with Gasteiger partial charge in [0.2, 0.25) is 0 Å². The summed E-state index contributed by atoms with van der Waals surface area (Å²) in [6, 6.07) is 0. The highest BCUT2D eigenvalue weighted by atomic mass is 79.9. The second-order valence-corrected chi connectivity index (χ2v) is 3.88. The Morgan fingerprint density at radius 3 is 2.92 bits per heavy atom. The van der Waals surface area contributed by atoms with Crippen molar-refractivity contribution in [1.82, 2.24) is 14.7 Å². The lowest BCUT2D eigenvalue weighted by Crippen LogP contribution is -2.20. The fraction of sp³-hybridized carbons (Fsp3) is 0.500. The van der Waals surface area contributed by atoms with Crippen LogP contribution in [0.15, 0.2) is 10.7 Å². The van der Waals surface area contributed by atoms with Gasteiger partial charge in [0.15, 0.2) is 6.29 Å². The third-order valence-corrected chi connectivity index (χ3v) is 2.31. The van der Waals surface area contributed by atoms with Gasteiger partial charge in [0, 0.05) is 6.54 Å². The van der Waals surface area contributed by atoms with Crippen LogP contribution < -0.4 is 0 Å². The molecule has 1 aromatic rings. The quantitative estimate of drug-likeness (QED) is 0.744. The van der Waals surface area contributed by atoms with Crippen LogP contribution in [0.3, 0.4) is 0 Å². The summed E-state index contributed by atoms with van der Waals surface area (Å²) in [6.45, 7) is 1.60. The molecule has 0 bridgehead atoms. The molecule has 0 aliphatic carbocycles. The van der Waals surface area contributed by atoms with E-state index in [0.717, 1.165) is 23.8 Å². The van der Waals surface area contributed by atoms with Gasteiger partial charge in [-0.05, 0) is 30.0 Å². The number of aldehydes is 1. The average molecular weight is 246 g/mol. The largest absolute Gasteiger partial charge is 0.308 e. The normalized spacial score (nSPS) is 10.8. The summed E-state index contributed by atoms with van der Waals surface area (Å²) in [5.41, 5.74) is 0.599. The summed E-state index contributed by atoms with van der Waals surface area (Å²) in [5, 5.41) is 4.07. The van der Waals surface area contributed by atoms with E-state index >= 15 is 0 Å². The molecule has 0 saturated heterocycles. The number of rotatable bonds is 4. The van der Waals surface area contributed by atoms with Crippen LogP contribution in [0.25, 0.3) is 0 Å². The average Bonchev–Trinajstić information content (AvgIpc) is 2.42. The lowest BCUT2D eigenvalue weighted by molar-refractivity contribution is 0.111. The molecule has 0 unspecified atom stereocenters. The fourth-order valence-corrected chi connectivity index (χ4v) is 1.35. The Morgan fingerprint density at radius 2 is 2.38 bits per heavy atom. The van der Waals surface area contributed by atoms with Crippen LogP contribution in [-0.4, -0.2) is 41.6 Å². The first kappa shape index (κ1) is 10.4. The molecule has 72 valence electrons. The molecular weight excluding hydrogens is 234 g/mol. The van der Waals surface area contributed by atoms with Crippen LogP contribution in [0.5, 0.6) is 0 Å². The topological polar surface area (TPSA) is 38.1 Å². The monoisotopic (exact) mass is 245 g/mol. The minimum Gasteiger partial charge on any atom is -0.308 e. The van der Waals surface area contributed by atoms with Gasteiger partial charge in [0.25, 0.3) is 0 Å². The van der Waals surface area contributed by atoms with Crippen molar-refractivity contribution in [2.45, 2.75) is 6.54 Å². The molecule has 0 amide bonds. The number of nitrogens with zero attached hydrogens (tertiary/aromatic N) is 3. The second-order valence-electron chi connectivity index (χ2n) is 3.02. The predicted molar refractivity (Wildman–Crippen MR) is 53.9 cm³/mol. The smallest absolute Gasteiger partial charge is 0.169 e. The number of hydrogen-bond donors (Lipinski definition) is 0. The van der Waals surface area contributed by atoms with E-state index in [1.165, 1.54) is 0 Å². The van der Waals surface area contributed by atoms with E-state index < -0.39 is 0 Å². The number of likely N-dealkylation sites (N-methyl/N-ethyl adjacent to an activating group) is 1. The van der Waals surface area contributed by atoms with Gasteiger partial charge in [-0.25, -0.2) is 0 Å². The van der Waals surface area contributed by atoms with E-state index in [2.05, 4.69) is 21.0 Å². The molecule has 0 N–H and O–H groups in total. The standard InChI is InChI=1S/C8H12BrN3O/c1-11(2)3-4-12-8(6-13)7(9)5-10-12/h5-6H,3-4H2,1-2H3. The van der Waals surface area contributed by atoms with Gasteiger partial charge in [-0.3, -0.25) is 9.48 Å². The lowest BCUT2D eigenvalue weighted by Gasteiger charge is -2.09. The summed E-state index contributed by atoms with van der Waals surface area (Å²) in [6.07, 6.45) is 2.45. The Kier molecular flexibility index (Phi) is 3.62. The Hall–Kier alpha value is -0.680. The van der Waals surface area contributed by atoms with Gasteiger partial charge >= 0.3 is 0 Å². The molecule has 5 heteroatoms. The second kappa shape index (κ2) is 4.53. The van der Waals surface area contributed by atoms with Crippen molar-refractivity contribution in [3.63, 3.8) is 0 Å². The number of carbonyl (C=O) groups excluding carboxylic acids is 1. The van der Waals surface area contributed by atoms with Crippen LogP contribution >= 0.6 is 15.9 Å². The summed E-state index contributed by atoms with van der Waals surface area (Å²) in [7, 11) is 3.97. The molecule has 1 aromatic heterocycles. The van der Waals surface area contributed by atoms with Gasteiger partial charge in [-0.2, -0.15) is 5.10 Å². The molecule has 1 rings (SSSR count). The van der Waals surface area contributed by atoms with Crippen molar-refractivity contribution < 1.29 is 4.79 Å². The SMILES string of the molecule is CN(C)CCn1ncc(Br)c1C=O. The Labute approximate surface area is 85.7 Å². The first-order chi connectivity index (χ1) is 6.15. The summed E-state index contributed by atoms with van der Waals surface area (Å²) < 4.78 is 2.44. The maximum atomic E-state index is 10.6. The van der Waals surface area contributed by atoms with Gasteiger partial charge in [0.05, 0.1) is 17.2 Å². The van der Waals surface area contributed by atoms with Crippen LogP contribution in [0, 0.1) is 0 Å². The van der Waals surface area contributed by atoms with Crippen LogP contribution in [-0.2, 0) is 6.54 Å². The molecule has 0 atom stereocenters. The van der Waals surface area contributed by atoms with Crippen molar-refractivity contribution in [3.8, 4) is 0 Å². The molecule has 0 aromatic carbocycles. The van der Waals surface area contributed by atoms with E-state index in [1.54, 1.807) is 10.9 Å². The van der Waals surface area contributed by atoms with Gasteiger partial charge < -0.3 is 4.90 Å². The molecule has 0 spiro atoms. The molecule has 1 heterocycles. The van der Waals surface area contributed by atoms with Gasteiger partial charge in [-0.15, -0.1) is 0 Å². The first-order valence-electron chi connectivity index (χ1n) is 3.96. The highest BCUT2D eigenvalue weighted by Crippen LogP contribution is 2.13. The van der Waals surface area contributed by atoms with E-state index in [1.807, 2.05) is 19.0 Å². The molecule has 0 saturated carbocycles. The van der Waals surface area contributed by atoms with E-state index in [9.17, 15) is 4.79 Å². The first-order valence-corrected chi connectivity index (χ1v) is 4.75. The van der Waals surface area contributed by atoms with E-state index in [4.69, 9.17) is 0 Å². The number of halogens is 1.